The summed E-state index contributed by atoms with van der Waals surface area (Å²) in [5.74, 6) is 0. The number of hydrogen-bond acceptors (Lipinski definition) is 5. The second-order valence-electron chi connectivity index (χ2n) is 3.86. The van der Waals surface area contributed by atoms with Gasteiger partial charge < -0.3 is 9.72 Å². The molecule has 20 heavy (non-hydrogen) atoms. The Labute approximate surface area is 118 Å². The first-order chi connectivity index (χ1) is 9.76. The van der Waals surface area contributed by atoms with Gasteiger partial charge in [-0.2, -0.15) is 0 Å². The van der Waals surface area contributed by atoms with Crippen LogP contribution in [-0.2, 0) is 4.74 Å². The van der Waals surface area contributed by atoms with Gasteiger partial charge in [0, 0.05) is 17.3 Å². The number of benzene rings is 1. The van der Waals surface area contributed by atoms with Crippen LogP contribution >= 0.6 is 11.8 Å². The Balaban J connectivity index is 1.87. The van der Waals surface area contributed by atoms with Gasteiger partial charge in [-0.05, 0) is 18.2 Å². The summed E-state index contributed by atoms with van der Waals surface area (Å²) in [6.07, 6.45) is 4.47. The van der Waals surface area contributed by atoms with E-state index in [1.807, 2.05) is 18.2 Å². The van der Waals surface area contributed by atoms with Crippen molar-refractivity contribution in [3.8, 4) is 0 Å². The van der Waals surface area contributed by atoms with Crippen LogP contribution < -0.4 is 5.43 Å². The molecule has 2 heterocycles. The van der Waals surface area contributed by atoms with Crippen LogP contribution in [0.3, 0.4) is 0 Å². The lowest BCUT2D eigenvalue weighted by atomic mass is 10.3. The number of aromatic nitrogens is 4. The van der Waals surface area contributed by atoms with Gasteiger partial charge in [-0.3, -0.25) is 0 Å². The van der Waals surface area contributed by atoms with Crippen molar-refractivity contribution in [1.29, 1.82) is 0 Å². The predicted octanol–water partition coefficient (Wildman–Crippen LogP) is 2.22. The molecule has 3 rings (SSSR count). The van der Waals surface area contributed by atoms with Crippen molar-refractivity contribution >= 4 is 28.9 Å². The molecule has 0 atom stereocenters. The summed E-state index contributed by atoms with van der Waals surface area (Å²) in [6, 6.07) is 5.74. The van der Waals surface area contributed by atoms with Gasteiger partial charge in [-0.15, -0.1) is 0 Å². The van der Waals surface area contributed by atoms with Crippen LogP contribution in [0.4, 0.5) is 4.79 Å². The van der Waals surface area contributed by atoms with E-state index in [1.54, 1.807) is 12.4 Å². The molecular formula is C12H11N5O2S. The number of amides is 1. The first-order valence-corrected chi connectivity index (χ1v) is 6.57. The van der Waals surface area contributed by atoms with Crippen LogP contribution in [0.2, 0.25) is 0 Å². The summed E-state index contributed by atoms with van der Waals surface area (Å²) in [7, 11) is 1.31. The molecule has 0 radical (unpaired) electrons. The van der Waals surface area contributed by atoms with E-state index in [4.69, 9.17) is 0 Å². The summed E-state index contributed by atoms with van der Waals surface area (Å²) in [4.78, 5) is 23.6. The molecule has 0 bridgehead atoms. The number of fused-ring (bicyclic) bond motifs is 1. The van der Waals surface area contributed by atoms with Gasteiger partial charge in [0.25, 0.3) is 0 Å². The second kappa shape index (κ2) is 5.25. The Bertz CT molecular complexity index is 737. The molecule has 0 aliphatic heterocycles. The molecule has 102 valence electrons. The number of imidazole rings is 2. The third-order valence-electron chi connectivity index (χ3n) is 2.60. The van der Waals surface area contributed by atoms with Crippen molar-refractivity contribution in [1.82, 2.24) is 19.6 Å². The van der Waals surface area contributed by atoms with Gasteiger partial charge in [0.2, 0.25) is 0 Å². The molecule has 0 spiro atoms. The molecule has 0 unspecified atom stereocenters. The Morgan fingerprint density at radius 2 is 2.35 bits per heavy atom. The Morgan fingerprint density at radius 3 is 3.10 bits per heavy atom. The van der Waals surface area contributed by atoms with Crippen molar-refractivity contribution in [3.63, 3.8) is 0 Å². The number of nitrogens with one attached hydrogen (secondary N) is 2. The number of nitrogens with zero attached hydrogens (tertiary/aromatic N) is 3. The molecule has 2 aromatic heterocycles. The lowest BCUT2D eigenvalue weighted by Crippen LogP contribution is -2.21. The van der Waals surface area contributed by atoms with Crippen molar-refractivity contribution in [3.05, 3.63) is 36.9 Å². The van der Waals surface area contributed by atoms with Crippen LogP contribution in [0.15, 0.2) is 47.0 Å². The van der Waals surface area contributed by atoms with Gasteiger partial charge in [0.1, 0.15) is 6.33 Å². The number of ether oxygens (including phenoxy) is 1. The molecular weight excluding hydrogens is 278 g/mol. The van der Waals surface area contributed by atoms with E-state index in [2.05, 4.69) is 25.1 Å². The molecule has 0 saturated carbocycles. The van der Waals surface area contributed by atoms with Gasteiger partial charge >= 0.3 is 6.09 Å². The smallest absolute Gasteiger partial charge is 0.426 e. The van der Waals surface area contributed by atoms with E-state index in [1.165, 1.54) is 29.9 Å². The second-order valence-corrected chi connectivity index (χ2v) is 4.93. The van der Waals surface area contributed by atoms with E-state index in [0.717, 1.165) is 21.1 Å². The van der Waals surface area contributed by atoms with Crippen LogP contribution in [-0.4, -0.2) is 32.8 Å². The minimum absolute atomic E-state index is 0.543. The highest BCUT2D eigenvalue weighted by atomic mass is 32.2. The Hall–Kier alpha value is -2.48. The van der Waals surface area contributed by atoms with Crippen molar-refractivity contribution < 1.29 is 9.53 Å². The van der Waals surface area contributed by atoms with Crippen LogP contribution in [0.5, 0.6) is 0 Å². The van der Waals surface area contributed by atoms with Gasteiger partial charge in [0.05, 0.1) is 18.1 Å². The van der Waals surface area contributed by atoms with Crippen LogP contribution in [0.25, 0.3) is 11.0 Å². The normalized spacial score (nSPS) is 10.7. The minimum Gasteiger partial charge on any atom is -0.452 e. The van der Waals surface area contributed by atoms with E-state index in [9.17, 15) is 4.79 Å². The zero-order valence-electron chi connectivity index (χ0n) is 10.5. The number of aromatic amines is 1. The first kappa shape index (κ1) is 12.5. The molecule has 0 saturated heterocycles. The van der Waals surface area contributed by atoms with Crippen LogP contribution in [0.1, 0.15) is 0 Å². The summed E-state index contributed by atoms with van der Waals surface area (Å²) < 4.78 is 6.07. The largest absolute Gasteiger partial charge is 0.452 e. The molecule has 0 fully saturated rings. The lowest BCUT2D eigenvalue weighted by Gasteiger charge is -2.05. The highest BCUT2D eigenvalue weighted by Crippen LogP contribution is 2.27. The summed E-state index contributed by atoms with van der Waals surface area (Å²) in [5, 5.41) is 0.816. The SMILES string of the molecule is COC(=O)Nn1cnc2cc(Sc3ncc[nH]3)ccc21. The van der Waals surface area contributed by atoms with E-state index in [-0.39, 0.29) is 0 Å². The highest BCUT2D eigenvalue weighted by molar-refractivity contribution is 7.99. The maximum Gasteiger partial charge on any atom is 0.426 e. The standard InChI is InChI=1S/C12H11N5O2S/c1-19-12(18)16-17-7-15-9-6-8(2-3-10(9)17)20-11-13-4-5-14-11/h2-7H,1H3,(H,13,14)(H,16,18). The fourth-order valence-electron chi connectivity index (χ4n) is 1.71. The number of H-pyrrole nitrogens is 1. The maximum absolute atomic E-state index is 11.2. The molecule has 0 aliphatic carbocycles. The van der Waals surface area contributed by atoms with Crippen molar-refractivity contribution in [2.75, 3.05) is 12.5 Å². The van der Waals surface area contributed by atoms with Crippen molar-refractivity contribution in [2.24, 2.45) is 0 Å². The number of hydrogen-bond donors (Lipinski definition) is 2. The summed E-state index contributed by atoms with van der Waals surface area (Å²) in [5.41, 5.74) is 4.11. The average Bonchev–Trinajstić information content (AvgIpc) is 3.09. The van der Waals surface area contributed by atoms with Gasteiger partial charge in [-0.25, -0.2) is 24.9 Å². The Morgan fingerprint density at radius 1 is 1.45 bits per heavy atom. The number of methoxy groups -OCH3 is 1. The predicted molar refractivity (Wildman–Crippen MR) is 74.2 cm³/mol. The quantitative estimate of drug-likeness (QED) is 0.772. The zero-order chi connectivity index (χ0) is 13.9. The third kappa shape index (κ3) is 2.45. The molecule has 2 N–H and O–H groups in total. The van der Waals surface area contributed by atoms with E-state index < -0.39 is 6.09 Å². The lowest BCUT2D eigenvalue weighted by molar-refractivity contribution is 0.183. The summed E-state index contributed by atoms with van der Waals surface area (Å²) >= 11 is 1.51. The zero-order valence-corrected chi connectivity index (χ0v) is 11.3. The Kier molecular flexibility index (Phi) is 3.30. The topological polar surface area (TPSA) is 84.8 Å². The highest BCUT2D eigenvalue weighted by Gasteiger charge is 2.07. The first-order valence-electron chi connectivity index (χ1n) is 5.75. The minimum atomic E-state index is -0.543. The van der Waals surface area contributed by atoms with Gasteiger partial charge in [0.15, 0.2) is 5.16 Å². The van der Waals surface area contributed by atoms with Gasteiger partial charge in [-0.1, -0.05) is 11.8 Å². The number of carbonyl (C=O) groups is 1. The number of carbonyl (C=O) groups excluding carboxylic acids is 1. The molecule has 1 aromatic carbocycles. The number of rotatable bonds is 3. The van der Waals surface area contributed by atoms with Crippen molar-refractivity contribution in [2.45, 2.75) is 10.1 Å². The average molecular weight is 289 g/mol. The molecule has 0 aliphatic rings. The van der Waals surface area contributed by atoms with E-state index in [0.29, 0.717) is 0 Å². The molecule has 7 nitrogen and oxygen atoms in total. The monoisotopic (exact) mass is 289 g/mol. The van der Waals surface area contributed by atoms with E-state index >= 15 is 0 Å². The third-order valence-corrected chi connectivity index (χ3v) is 3.51. The van der Waals surface area contributed by atoms with Crippen LogP contribution in [0, 0.1) is 0 Å². The fourth-order valence-corrected chi connectivity index (χ4v) is 2.48. The maximum atomic E-state index is 11.2. The molecule has 8 heteroatoms. The fraction of sp³-hybridized carbons (Fsp3) is 0.0833. The summed E-state index contributed by atoms with van der Waals surface area (Å²) in [6.45, 7) is 0. The molecule has 3 aromatic rings. The molecule has 1 amide bonds.